The van der Waals surface area contributed by atoms with Crippen molar-refractivity contribution in [2.24, 2.45) is 0 Å². The number of anilines is 1. The molecule has 0 aromatic heterocycles. The molecule has 1 N–H and O–H groups in total. The molecule has 1 aromatic rings. The molecule has 1 aliphatic heterocycles. The maximum atomic E-state index is 11.4. The zero-order valence-corrected chi connectivity index (χ0v) is 8.43. The maximum Gasteiger partial charge on any atom is 0.243 e. The Bertz CT molecular complexity index is 389. The molecule has 1 saturated heterocycles. The predicted molar refractivity (Wildman–Crippen MR) is 56.4 cm³/mol. The Hall–Kier alpha value is -1.84. The number of carbonyl (C=O) groups is 2. The number of hydrogen-bond acceptors (Lipinski definition) is 2. The van der Waals surface area contributed by atoms with Gasteiger partial charge >= 0.3 is 0 Å². The van der Waals surface area contributed by atoms with Crippen LogP contribution in [0.4, 0.5) is 5.69 Å². The second-order valence-electron chi connectivity index (χ2n) is 3.43. The lowest BCUT2D eigenvalue weighted by Crippen LogP contribution is -2.59. The average Bonchev–Trinajstić information content (AvgIpc) is 2.26. The Kier molecular flexibility index (Phi) is 2.41. The minimum Gasteiger partial charge on any atom is -0.357 e. The van der Waals surface area contributed by atoms with Gasteiger partial charge in [-0.3, -0.25) is 14.5 Å². The van der Waals surface area contributed by atoms with Crippen LogP contribution < -0.4 is 10.2 Å². The molecule has 0 saturated carbocycles. The summed E-state index contributed by atoms with van der Waals surface area (Å²) in [5, 5.41) is 2.55. The van der Waals surface area contributed by atoms with Gasteiger partial charge in [-0.1, -0.05) is 18.2 Å². The number of carbonyl (C=O) groups excluding carboxylic acids is 2. The molecule has 1 heterocycles. The van der Waals surface area contributed by atoms with E-state index in [9.17, 15) is 9.59 Å². The third-order valence-electron chi connectivity index (χ3n) is 2.53. The van der Waals surface area contributed by atoms with Gasteiger partial charge in [-0.15, -0.1) is 0 Å². The molecule has 78 valence electrons. The fraction of sp³-hybridized carbons (Fsp3) is 0.273. The maximum absolute atomic E-state index is 11.4. The summed E-state index contributed by atoms with van der Waals surface area (Å²) >= 11 is 0. The monoisotopic (exact) mass is 204 g/mol. The van der Waals surface area contributed by atoms with E-state index >= 15 is 0 Å². The average molecular weight is 204 g/mol. The minimum atomic E-state index is -0.343. The van der Waals surface area contributed by atoms with Crippen molar-refractivity contribution in [1.29, 1.82) is 0 Å². The van der Waals surface area contributed by atoms with Gasteiger partial charge in [-0.05, 0) is 12.1 Å². The molecule has 1 fully saturated rings. The minimum absolute atomic E-state index is 0.00481. The molecule has 1 atom stereocenters. The van der Waals surface area contributed by atoms with Crippen LogP contribution >= 0.6 is 0 Å². The van der Waals surface area contributed by atoms with Crippen LogP contribution in [-0.2, 0) is 9.59 Å². The van der Waals surface area contributed by atoms with Gasteiger partial charge < -0.3 is 5.32 Å². The van der Waals surface area contributed by atoms with Crippen LogP contribution in [0.5, 0.6) is 0 Å². The van der Waals surface area contributed by atoms with Gasteiger partial charge in [-0.25, -0.2) is 0 Å². The lowest BCUT2D eigenvalue weighted by molar-refractivity contribution is -0.133. The lowest BCUT2D eigenvalue weighted by atomic mass is 10.00. The van der Waals surface area contributed by atoms with Gasteiger partial charge in [0.15, 0.2) is 0 Å². The first-order chi connectivity index (χ1) is 7.24. The van der Waals surface area contributed by atoms with Crippen LogP contribution in [-0.4, -0.2) is 24.9 Å². The molecule has 0 spiro atoms. The van der Waals surface area contributed by atoms with Crippen LogP contribution in [0, 0.1) is 0 Å². The summed E-state index contributed by atoms with van der Waals surface area (Å²) in [7, 11) is 1.58. The number of para-hydroxylation sites is 1. The number of β-lactam (4-membered cyclic amide) rings is 1. The first-order valence-electron chi connectivity index (χ1n) is 4.82. The third kappa shape index (κ3) is 1.58. The predicted octanol–water partition coefficient (Wildman–Crippen LogP) is 0.538. The summed E-state index contributed by atoms with van der Waals surface area (Å²) in [4.78, 5) is 24.4. The van der Waals surface area contributed by atoms with E-state index in [0.29, 0.717) is 6.42 Å². The number of nitrogens with one attached hydrogen (secondary N) is 1. The summed E-state index contributed by atoms with van der Waals surface area (Å²) < 4.78 is 0. The van der Waals surface area contributed by atoms with Crippen molar-refractivity contribution in [3.05, 3.63) is 30.3 Å². The highest BCUT2D eigenvalue weighted by molar-refractivity contribution is 6.09. The van der Waals surface area contributed by atoms with Crippen LogP contribution in [0.25, 0.3) is 0 Å². The van der Waals surface area contributed by atoms with Crippen LogP contribution in [0.15, 0.2) is 30.3 Å². The Morgan fingerprint density at radius 2 is 2.07 bits per heavy atom. The van der Waals surface area contributed by atoms with Crippen LogP contribution in [0.1, 0.15) is 6.42 Å². The molecular formula is C11H12N2O2. The van der Waals surface area contributed by atoms with Gasteiger partial charge in [0.2, 0.25) is 11.8 Å². The highest BCUT2D eigenvalue weighted by Crippen LogP contribution is 2.27. The zero-order chi connectivity index (χ0) is 10.8. The number of rotatable bonds is 2. The van der Waals surface area contributed by atoms with Crippen molar-refractivity contribution in [2.45, 2.75) is 12.5 Å². The number of benzene rings is 1. The second-order valence-corrected chi connectivity index (χ2v) is 3.43. The summed E-state index contributed by atoms with van der Waals surface area (Å²) in [5.74, 6) is -0.117. The van der Waals surface area contributed by atoms with E-state index in [1.54, 1.807) is 7.05 Å². The van der Waals surface area contributed by atoms with Crippen molar-refractivity contribution < 1.29 is 9.59 Å². The second kappa shape index (κ2) is 3.73. The number of hydrogen-bond donors (Lipinski definition) is 1. The van der Waals surface area contributed by atoms with E-state index in [2.05, 4.69) is 5.32 Å². The Balaban J connectivity index is 2.21. The molecule has 0 aliphatic carbocycles. The van der Waals surface area contributed by atoms with E-state index in [1.165, 1.54) is 4.90 Å². The van der Waals surface area contributed by atoms with Gasteiger partial charge in [0, 0.05) is 12.7 Å². The molecule has 2 rings (SSSR count). The smallest absolute Gasteiger partial charge is 0.243 e. The number of likely N-dealkylation sites (N-methyl/N-ethyl adjacent to an activating group) is 1. The molecule has 4 nitrogen and oxygen atoms in total. The summed E-state index contributed by atoms with van der Waals surface area (Å²) in [6.45, 7) is 0. The van der Waals surface area contributed by atoms with Crippen molar-refractivity contribution in [2.75, 3.05) is 11.9 Å². The number of nitrogens with zero attached hydrogens (tertiary/aromatic N) is 1. The first-order valence-corrected chi connectivity index (χ1v) is 4.82. The third-order valence-corrected chi connectivity index (χ3v) is 2.53. The summed E-state index contributed by atoms with van der Waals surface area (Å²) in [6, 6.07) is 8.89. The molecule has 2 amide bonds. The van der Waals surface area contributed by atoms with Gasteiger partial charge in [0.05, 0.1) is 6.42 Å². The van der Waals surface area contributed by atoms with Crippen LogP contribution in [0.3, 0.4) is 0 Å². The Morgan fingerprint density at radius 1 is 1.40 bits per heavy atom. The lowest BCUT2D eigenvalue weighted by Gasteiger charge is -2.38. The zero-order valence-electron chi connectivity index (χ0n) is 8.43. The molecule has 0 bridgehead atoms. The van der Waals surface area contributed by atoms with Gasteiger partial charge in [0.25, 0.3) is 0 Å². The number of amides is 2. The Morgan fingerprint density at radius 3 is 2.60 bits per heavy atom. The topological polar surface area (TPSA) is 49.4 Å². The van der Waals surface area contributed by atoms with E-state index in [-0.39, 0.29) is 17.9 Å². The van der Waals surface area contributed by atoms with E-state index < -0.39 is 0 Å². The summed E-state index contributed by atoms with van der Waals surface area (Å²) in [5.41, 5.74) is 0.780. The quantitative estimate of drug-likeness (QED) is 0.715. The van der Waals surface area contributed by atoms with Crippen LogP contribution in [0.2, 0.25) is 0 Å². The highest BCUT2D eigenvalue weighted by atomic mass is 16.2. The molecular weight excluding hydrogens is 192 g/mol. The van der Waals surface area contributed by atoms with Crippen molar-refractivity contribution >= 4 is 17.5 Å². The SMILES string of the molecule is CNC(=O)C1CC(=O)N1c1ccccc1. The highest BCUT2D eigenvalue weighted by Gasteiger charge is 2.41. The van der Waals surface area contributed by atoms with E-state index in [0.717, 1.165) is 5.69 Å². The first kappa shape index (κ1) is 9.71. The van der Waals surface area contributed by atoms with Gasteiger partial charge in [0.1, 0.15) is 6.04 Å². The van der Waals surface area contributed by atoms with Crippen molar-refractivity contribution in [1.82, 2.24) is 5.32 Å². The fourth-order valence-corrected chi connectivity index (χ4v) is 1.71. The Labute approximate surface area is 87.9 Å². The van der Waals surface area contributed by atoms with Crippen molar-refractivity contribution in [3.8, 4) is 0 Å². The molecule has 1 aromatic carbocycles. The molecule has 15 heavy (non-hydrogen) atoms. The van der Waals surface area contributed by atoms with Crippen molar-refractivity contribution in [3.63, 3.8) is 0 Å². The molecule has 1 unspecified atom stereocenters. The molecule has 0 radical (unpaired) electrons. The largest absolute Gasteiger partial charge is 0.357 e. The fourth-order valence-electron chi connectivity index (χ4n) is 1.71. The van der Waals surface area contributed by atoms with E-state index in [1.807, 2.05) is 30.3 Å². The normalized spacial score (nSPS) is 19.7. The van der Waals surface area contributed by atoms with E-state index in [4.69, 9.17) is 0 Å². The molecule has 4 heteroatoms. The molecule has 1 aliphatic rings. The standard InChI is InChI=1S/C11H12N2O2/c1-12-11(15)9-7-10(14)13(9)8-5-3-2-4-6-8/h2-6,9H,7H2,1H3,(H,12,15). The van der Waals surface area contributed by atoms with Gasteiger partial charge in [-0.2, -0.15) is 0 Å². The summed E-state index contributed by atoms with van der Waals surface area (Å²) in [6.07, 6.45) is 0.300.